The number of rotatable bonds is 6. The first-order valence-electron chi connectivity index (χ1n) is 6.83. The zero-order valence-electron chi connectivity index (χ0n) is 12.7. The topological polar surface area (TPSA) is 83.8 Å². The fraction of sp³-hybridized carbons (Fsp3) is 0.133. The molecule has 0 aliphatic rings. The Labute approximate surface area is 158 Å². The summed E-state index contributed by atoms with van der Waals surface area (Å²) in [5.74, 6) is -0.851. The molecule has 0 radical (unpaired) electrons. The normalized spacial score (nSPS) is 11.6. The lowest BCUT2D eigenvalue weighted by Crippen LogP contribution is -2.10. The lowest BCUT2D eigenvalue weighted by molar-refractivity contribution is -0.139. The summed E-state index contributed by atoms with van der Waals surface area (Å²) in [5, 5.41) is 12.6. The number of hydrazone groups is 1. The van der Waals surface area contributed by atoms with Crippen LogP contribution in [0.5, 0.6) is 5.75 Å². The van der Waals surface area contributed by atoms with Crippen molar-refractivity contribution in [1.29, 1.82) is 0 Å². The zero-order chi connectivity index (χ0) is 19.3. The van der Waals surface area contributed by atoms with Crippen molar-refractivity contribution < 1.29 is 27.8 Å². The zero-order valence-corrected chi connectivity index (χ0v) is 15.1. The summed E-state index contributed by atoms with van der Waals surface area (Å²) >= 11 is 9.23. The number of aliphatic carboxylic acids is 1. The lowest BCUT2D eigenvalue weighted by Gasteiger charge is -2.09. The van der Waals surface area contributed by atoms with Crippen LogP contribution in [0.1, 0.15) is 11.1 Å². The number of carboxylic acid groups (broad SMARTS) is 1. The van der Waals surface area contributed by atoms with E-state index in [-0.39, 0.29) is 16.6 Å². The summed E-state index contributed by atoms with van der Waals surface area (Å²) in [5.41, 5.74) is 2.16. The van der Waals surface area contributed by atoms with Crippen LogP contribution >= 0.6 is 27.5 Å². The van der Waals surface area contributed by atoms with Crippen LogP contribution in [0.3, 0.4) is 0 Å². The number of pyridine rings is 1. The molecule has 0 unspecified atom stereocenters. The van der Waals surface area contributed by atoms with Gasteiger partial charge in [-0.1, -0.05) is 11.6 Å². The number of aromatic nitrogens is 1. The van der Waals surface area contributed by atoms with Crippen LogP contribution in [0.2, 0.25) is 5.02 Å². The minimum absolute atomic E-state index is 0.126. The van der Waals surface area contributed by atoms with Gasteiger partial charge >= 0.3 is 12.1 Å². The van der Waals surface area contributed by atoms with Crippen LogP contribution in [0.25, 0.3) is 0 Å². The molecule has 0 fully saturated rings. The number of nitrogens with zero attached hydrogens (tertiary/aromatic N) is 2. The molecule has 1 aromatic heterocycles. The SMILES string of the molecule is O=C(O)COc1c(Cl)cc(/C=N\Nc2ccc(C(F)(F)F)cn2)cc1Br. The third kappa shape index (κ3) is 5.60. The first-order chi connectivity index (χ1) is 12.2. The first kappa shape index (κ1) is 20.0. The van der Waals surface area contributed by atoms with Gasteiger partial charge in [-0.2, -0.15) is 18.3 Å². The summed E-state index contributed by atoms with van der Waals surface area (Å²) in [4.78, 5) is 14.1. The highest BCUT2D eigenvalue weighted by Gasteiger charge is 2.30. The third-order valence-electron chi connectivity index (χ3n) is 2.84. The molecule has 0 bridgehead atoms. The van der Waals surface area contributed by atoms with Crippen molar-refractivity contribution in [2.24, 2.45) is 5.10 Å². The Morgan fingerprint density at radius 3 is 2.69 bits per heavy atom. The van der Waals surface area contributed by atoms with E-state index < -0.39 is 24.3 Å². The average Bonchev–Trinajstić information content (AvgIpc) is 2.53. The molecule has 0 spiro atoms. The summed E-state index contributed by atoms with van der Waals surface area (Å²) in [7, 11) is 0. The van der Waals surface area contributed by atoms with E-state index in [4.69, 9.17) is 21.4 Å². The second kappa shape index (κ2) is 8.37. The second-order valence-electron chi connectivity index (χ2n) is 4.80. The van der Waals surface area contributed by atoms with Crippen LogP contribution in [0.4, 0.5) is 19.0 Å². The highest BCUT2D eigenvalue weighted by molar-refractivity contribution is 9.10. The van der Waals surface area contributed by atoms with E-state index in [1.54, 1.807) is 6.07 Å². The molecule has 1 aromatic carbocycles. The Balaban J connectivity index is 2.05. The van der Waals surface area contributed by atoms with Gasteiger partial charge in [-0.15, -0.1) is 0 Å². The molecule has 2 aromatic rings. The maximum atomic E-state index is 12.5. The molecule has 0 amide bonds. The average molecular weight is 453 g/mol. The molecule has 0 saturated carbocycles. The van der Waals surface area contributed by atoms with Crippen LogP contribution in [0, 0.1) is 0 Å². The third-order valence-corrected chi connectivity index (χ3v) is 3.71. The highest BCUT2D eigenvalue weighted by atomic mass is 79.9. The number of nitrogens with one attached hydrogen (secondary N) is 1. The monoisotopic (exact) mass is 451 g/mol. The van der Waals surface area contributed by atoms with Gasteiger partial charge in [0, 0.05) is 6.20 Å². The fourth-order valence-corrected chi connectivity index (χ4v) is 2.72. The lowest BCUT2D eigenvalue weighted by atomic mass is 10.2. The maximum absolute atomic E-state index is 12.5. The number of halogens is 5. The molecule has 0 atom stereocenters. The first-order valence-corrected chi connectivity index (χ1v) is 8.00. The van der Waals surface area contributed by atoms with Gasteiger partial charge < -0.3 is 9.84 Å². The number of hydrogen-bond donors (Lipinski definition) is 2. The molecule has 1 heterocycles. The molecule has 0 aliphatic heterocycles. The van der Waals surface area contributed by atoms with Gasteiger partial charge in [0.25, 0.3) is 0 Å². The van der Waals surface area contributed by atoms with Gasteiger partial charge in [-0.3, -0.25) is 5.43 Å². The molecule has 6 nitrogen and oxygen atoms in total. The summed E-state index contributed by atoms with van der Waals surface area (Å²) in [6.07, 6.45) is -2.40. The largest absolute Gasteiger partial charge is 0.479 e. The van der Waals surface area contributed by atoms with E-state index in [9.17, 15) is 18.0 Å². The highest BCUT2D eigenvalue weighted by Crippen LogP contribution is 2.34. The number of ether oxygens (including phenoxy) is 1. The van der Waals surface area contributed by atoms with Crippen molar-refractivity contribution in [3.8, 4) is 5.75 Å². The van der Waals surface area contributed by atoms with E-state index in [2.05, 4.69) is 31.4 Å². The second-order valence-corrected chi connectivity index (χ2v) is 6.06. The summed E-state index contributed by atoms with van der Waals surface area (Å²) < 4.78 is 42.8. The van der Waals surface area contributed by atoms with Crippen LogP contribution in [-0.4, -0.2) is 28.9 Å². The fourth-order valence-electron chi connectivity index (χ4n) is 1.73. The Bertz CT molecular complexity index is 806. The molecule has 0 aliphatic carbocycles. The van der Waals surface area contributed by atoms with E-state index in [1.165, 1.54) is 12.3 Å². The minimum atomic E-state index is -4.46. The number of benzene rings is 1. The number of carboxylic acids is 1. The molecular formula is C15H10BrClF3N3O3. The van der Waals surface area contributed by atoms with Crippen molar-refractivity contribution >= 4 is 45.5 Å². The smallest absolute Gasteiger partial charge is 0.417 e. The number of anilines is 1. The van der Waals surface area contributed by atoms with E-state index in [1.807, 2.05) is 0 Å². The molecule has 138 valence electrons. The Morgan fingerprint density at radius 1 is 1.42 bits per heavy atom. The predicted molar refractivity (Wildman–Crippen MR) is 92.7 cm³/mol. The maximum Gasteiger partial charge on any atom is 0.417 e. The van der Waals surface area contributed by atoms with Crippen LogP contribution < -0.4 is 10.2 Å². The minimum Gasteiger partial charge on any atom is -0.479 e. The Morgan fingerprint density at radius 2 is 2.15 bits per heavy atom. The quantitative estimate of drug-likeness (QED) is 0.501. The van der Waals surface area contributed by atoms with Crippen molar-refractivity contribution in [2.75, 3.05) is 12.0 Å². The molecule has 11 heteroatoms. The van der Waals surface area contributed by atoms with Gasteiger partial charge in [0.1, 0.15) is 5.82 Å². The van der Waals surface area contributed by atoms with E-state index in [0.717, 1.165) is 12.1 Å². The van der Waals surface area contributed by atoms with Gasteiger partial charge in [0.05, 0.1) is 21.3 Å². The van der Waals surface area contributed by atoms with Gasteiger partial charge in [0.15, 0.2) is 12.4 Å². The van der Waals surface area contributed by atoms with Gasteiger partial charge in [0.2, 0.25) is 0 Å². The van der Waals surface area contributed by atoms with E-state index >= 15 is 0 Å². The van der Waals surface area contributed by atoms with Gasteiger partial charge in [-0.05, 0) is 45.8 Å². The van der Waals surface area contributed by atoms with Crippen LogP contribution in [0.15, 0.2) is 40.0 Å². The molecule has 2 N–H and O–H groups in total. The number of carbonyl (C=O) groups is 1. The number of hydrogen-bond acceptors (Lipinski definition) is 5. The summed E-state index contributed by atoms with van der Waals surface area (Å²) in [6, 6.07) is 5.09. The molecule has 26 heavy (non-hydrogen) atoms. The molecule has 0 saturated heterocycles. The Kier molecular flexibility index (Phi) is 6.43. The van der Waals surface area contributed by atoms with Gasteiger partial charge in [-0.25, -0.2) is 9.78 Å². The number of alkyl halides is 3. The predicted octanol–water partition coefficient (Wildman–Crippen LogP) is 4.43. The van der Waals surface area contributed by atoms with Crippen LogP contribution in [-0.2, 0) is 11.0 Å². The van der Waals surface area contributed by atoms with Crippen molar-refractivity contribution in [2.45, 2.75) is 6.18 Å². The summed E-state index contributed by atoms with van der Waals surface area (Å²) in [6.45, 7) is -0.549. The standard InChI is InChI=1S/C15H10BrClF3N3O3/c16-10-3-8(4-11(17)14(10)26-7-13(24)25)5-22-23-12-2-1-9(6-21-12)15(18,19)20/h1-6H,7H2,(H,21,23)(H,24,25)/b22-5-. The Hall–Kier alpha value is -2.33. The van der Waals surface area contributed by atoms with Crippen molar-refractivity contribution in [3.05, 3.63) is 51.1 Å². The van der Waals surface area contributed by atoms with Crippen molar-refractivity contribution in [1.82, 2.24) is 4.98 Å². The van der Waals surface area contributed by atoms with E-state index in [0.29, 0.717) is 16.2 Å². The van der Waals surface area contributed by atoms with Crippen molar-refractivity contribution in [3.63, 3.8) is 0 Å². The molecule has 2 rings (SSSR count). The molecular weight excluding hydrogens is 443 g/mol.